The van der Waals surface area contributed by atoms with Gasteiger partial charge in [0.25, 0.3) is 0 Å². The average Bonchev–Trinajstić information content (AvgIpc) is 2.17. The molecule has 0 aromatic carbocycles. The summed E-state index contributed by atoms with van der Waals surface area (Å²) in [5, 5.41) is 2.93. The van der Waals surface area contributed by atoms with Gasteiger partial charge in [-0.3, -0.25) is 4.79 Å². The number of hydrogen-bond acceptors (Lipinski definition) is 2. The van der Waals surface area contributed by atoms with Gasteiger partial charge in [-0.1, -0.05) is 20.4 Å². The topological polar surface area (TPSA) is 38.3 Å². The molecule has 86 valence electrons. The second-order valence-corrected chi connectivity index (χ2v) is 4.56. The summed E-state index contributed by atoms with van der Waals surface area (Å²) in [6.07, 6.45) is 4.54. The third kappa shape index (κ3) is 4.47. The molecule has 0 spiro atoms. The van der Waals surface area contributed by atoms with Crippen LogP contribution in [0.25, 0.3) is 0 Å². The first kappa shape index (κ1) is 12.2. The summed E-state index contributed by atoms with van der Waals surface area (Å²) in [6.45, 7) is 8.58. The molecule has 2 unspecified atom stereocenters. The number of hydrogen-bond donors (Lipinski definition) is 1. The number of carbonyl (C=O) groups is 1. The van der Waals surface area contributed by atoms with E-state index in [0.29, 0.717) is 12.0 Å². The molecule has 2 atom stereocenters. The van der Waals surface area contributed by atoms with Crippen LogP contribution < -0.4 is 5.32 Å². The monoisotopic (exact) mass is 211 g/mol. The van der Waals surface area contributed by atoms with Crippen molar-refractivity contribution in [3.05, 3.63) is 12.7 Å². The van der Waals surface area contributed by atoms with Gasteiger partial charge in [0.15, 0.2) is 0 Å². The molecule has 3 nitrogen and oxygen atoms in total. The second kappa shape index (κ2) is 5.91. The number of ether oxygens (including phenoxy) is 1. The molecule has 1 aliphatic rings. The van der Waals surface area contributed by atoms with Gasteiger partial charge in [-0.05, 0) is 31.3 Å². The Morgan fingerprint density at radius 1 is 1.67 bits per heavy atom. The van der Waals surface area contributed by atoms with Crippen LogP contribution in [-0.4, -0.2) is 24.7 Å². The Kier molecular flexibility index (Phi) is 4.82. The molecule has 0 aliphatic carbocycles. The molecule has 0 bridgehead atoms. The van der Waals surface area contributed by atoms with Crippen molar-refractivity contribution in [2.75, 3.05) is 6.61 Å². The van der Waals surface area contributed by atoms with Crippen LogP contribution in [0.2, 0.25) is 0 Å². The number of rotatable bonds is 4. The van der Waals surface area contributed by atoms with E-state index < -0.39 is 0 Å². The third-order valence-corrected chi connectivity index (χ3v) is 2.63. The maximum Gasteiger partial charge on any atom is 0.243 e. The van der Waals surface area contributed by atoms with Crippen LogP contribution in [0.4, 0.5) is 0 Å². The van der Waals surface area contributed by atoms with E-state index in [1.807, 2.05) is 0 Å². The highest BCUT2D eigenvalue weighted by atomic mass is 16.5. The summed E-state index contributed by atoms with van der Waals surface area (Å²) in [5.41, 5.74) is 0. The Morgan fingerprint density at radius 2 is 2.40 bits per heavy atom. The number of carbonyl (C=O) groups excluding carboxylic acids is 1. The van der Waals surface area contributed by atoms with Crippen LogP contribution in [-0.2, 0) is 9.53 Å². The Balaban J connectivity index is 2.35. The molecule has 1 fully saturated rings. The summed E-state index contributed by atoms with van der Waals surface area (Å²) >= 11 is 0. The van der Waals surface area contributed by atoms with Crippen LogP contribution in [0, 0.1) is 5.92 Å². The number of nitrogens with one attached hydrogen (secondary N) is 1. The van der Waals surface area contributed by atoms with Gasteiger partial charge < -0.3 is 10.1 Å². The molecule has 1 rings (SSSR count). The predicted molar refractivity (Wildman–Crippen MR) is 60.6 cm³/mol. The van der Waals surface area contributed by atoms with Crippen molar-refractivity contribution in [1.29, 1.82) is 0 Å². The fourth-order valence-corrected chi connectivity index (χ4v) is 1.96. The van der Waals surface area contributed by atoms with Crippen LogP contribution in [0.3, 0.4) is 0 Å². The predicted octanol–water partition coefficient (Wildman–Crippen LogP) is 1.88. The molecule has 1 saturated heterocycles. The summed E-state index contributed by atoms with van der Waals surface area (Å²) in [4.78, 5) is 11.1. The zero-order chi connectivity index (χ0) is 11.3. The van der Waals surface area contributed by atoms with Gasteiger partial charge in [-0.15, -0.1) is 0 Å². The molecular weight excluding hydrogens is 190 g/mol. The van der Waals surface area contributed by atoms with E-state index in [9.17, 15) is 4.79 Å². The molecule has 0 saturated carbocycles. The largest absolute Gasteiger partial charge is 0.378 e. The third-order valence-electron chi connectivity index (χ3n) is 2.63. The van der Waals surface area contributed by atoms with Crippen molar-refractivity contribution in [1.82, 2.24) is 5.32 Å². The van der Waals surface area contributed by atoms with Crippen molar-refractivity contribution >= 4 is 5.91 Å². The highest BCUT2D eigenvalue weighted by Crippen LogP contribution is 2.19. The quantitative estimate of drug-likeness (QED) is 0.721. The van der Waals surface area contributed by atoms with Crippen molar-refractivity contribution in [2.45, 2.75) is 45.3 Å². The molecule has 1 aliphatic heterocycles. The molecule has 3 heteroatoms. The fraction of sp³-hybridized carbons (Fsp3) is 0.750. The van der Waals surface area contributed by atoms with Gasteiger partial charge >= 0.3 is 0 Å². The first-order valence-electron chi connectivity index (χ1n) is 5.66. The highest BCUT2D eigenvalue weighted by molar-refractivity contribution is 5.87. The zero-order valence-electron chi connectivity index (χ0n) is 9.66. The fourth-order valence-electron chi connectivity index (χ4n) is 1.96. The average molecular weight is 211 g/mol. The molecule has 1 N–H and O–H groups in total. The lowest BCUT2D eigenvalue weighted by molar-refractivity contribution is -0.118. The number of amides is 1. The molecule has 1 heterocycles. The minimum atomic E-state index is -0.0785. The van der Waals surface area contributed by atoms with Gasteiger partial charge in [-0.25, -0.2) is 0 Å². The zero-order valence-corrected chi connectivity index (χ0v) is 9.66. The van der Waals surface area contributed by atoms with Gasteiger partial charge in [0.1, 0.15) is 0 Å². The maximum absolute atomic E-state index is 11.1. The van der Waals surface area contributed by atoms with Gasteiger partial charge in [0.05, 0.1) is 6.10 Å². The molecule has 15 heavy (non-hydrogen) atoms. The van der Waals surface area contributed by atoms with Gasteiger partial charge in [-0.2, -0.15) is 0 Å². The molecule has 0 aromatic heterocycles. The molecular formula is C12H21NO2. The first-order valence-corrected chi connectivity index (χ1v) is 5.66. The maximum atomic E-state index is 11.1. The van der Waals surface area contributed by atoms with Gasteiger partial charge in [0, 0.05) is 12.6 Å². The Morgan fingerprint density at radius 3 is 3.00 bits per heavy atom. The molecule has 1 amide bonds. The van der Waals surface area contributed by atoms with E-state index >= 15 is 0 Å². The van der Waals surface area contributed by atoms with E-state index in [0.717, 1.165) is 25.9 Å². The summed E-state index contributed by atoms with van der Waals surface area (Å²) < 4.78 is 5.66. The lowest BCUT2D eigenvalue weighted by Crippen LogP contribution is -2.41. The minimum absolute atomic E-state index is 0.0785. The van der Waals surface area contributed by atoms with E-state index in [2.05, 4.69) is 25.7 Å². The van der Waals surface area contributed by atoms with Crippen LogP contribution >= 0.6 is 0 Å². The molecule has 0 radical (unpaired) electrons. The highest BCUT2D eigenvalue weighted by Gasteiger charge is 2.23. The molecule has 0 aromatic rings. The SMILES string of the molecule is C=CC(=O)NC1CCOC(CC(C)C)C1. The van der Waals surface area contributed by atoms with Crippen LogP contribution in [0.5, 0.6) is 0 Å². The van der Waals surface area contributed by atoms with Gasteiger partial charge in [0.2, 0.25) is 5.91 Å². The van der Waals surface area contributed by atoms with E-state index in [-0.39, 0.29) is 11.9 Å². The van der Waals surface area contributed by atoms with E-state index in [4.69, 9.17) is 4.74 Å². The van der Waals surface area contributed by atoms with E-state index in [1.54, 1.807) is 0 Å². The Hall–Kier alpha value is -0.830. The smallest absolute Gasteiger partial charge is 0.243 e. The van der Waals surface area contributed by atoms with Crippen molar-refractivity contribution in [2.24, 2.45) is 5.92 Å². The van der Waals surface area contributed by atoms with Crippen LogP contribution in [0.1, 0.15) is 33.1 Å². The minimum Gasteiger partial charge on any atom is -0.378 e. The summed E-state index contributed by atoms with van der Waals surface area (Å²) in [7, 11) is 0. The second-order valence-electron chi connectivity index (χ2n) is 4.56. The Labute approximate surface area is 91.9 Å². The summed E-state index contributed by atoms with van der Waals surface area (Å²) in [6, 6.07) is 0.257. The van der Waals surface area contributed by atoms with E-state index in [1.165, 1.54) is 6.08 Å². The summed E-state index contributed by atoms with van der Waals surface area (Å²) in [5.74, 6) is 0.564. The standard InChI is InChI=1S/C12H21NO2/c1-4-12(14)13-10-5-6-15-11(8-10)7-9(2)3/h4,9-11H,1,5-8H2,2-3H3,(H,13,14). The van der Waals surface area contributed by atoms with Crippen molar-refractivity contribution < 1.29 is 9.53 Å². The van der Waals surface area contributed by atoms with Crippen molar-refractivity contribution in [3.63, 3.8) is 0 Å². The first-order chi connectivity index (χ1) is 7.11. The lowest BCUT2D eigenvalue weighted by atomic mass is 9.96. The van der Waals surface area contributed by atoms with Crippen LogP contribution in [0.15, 0.2) is 12.7 Å². The lowest BCUT2D eigenvalue weighted by Gasteiger charge is -2.30. The van der Waals surface area contributed by atoms with Crippen molar-refractivity contribution in [3.8, 4) is 0 Å². The normalized spacial score (nSPS) is 26.3. The Bertz CT molecular complexity index is 226.